The molecule has 0 unspecified atom stereocenters. The van der Waals surface area contributed by atoms with Crippen LogP contribution >= 0.6 is 0 Å². The molecule has 0 radical (unpaired) electrons. The van der Waals surface area contributed by atoms with Crippen molar-refractivity contribution in [2.45, 2.75) is 0 Å². The fourth-order valence-electron chi connectivity index (χ4n) is 9.45. The van der Waals surface area contributed by atoms with Gasteiger partial charge < -0.3 is 4.42 Å². The van der Waals surface area contributed by atoms with E-state index < -0.39 is 0 Å². The molecule has 0 saturated heterocycles. The highest BCUT2D eigenvalue weighted by molar-refractivity contribution is 6.12. The van der Waals surface area contributed by atoms with E-state index in [9.17, 15) is 0 Å². The zero-order chi connectivity index (χ0) is 41.4. The van der Waals surface area contributed by atoms with Crippen LogP contribution in [0, 0.1) is 0 Å². The summed E-state index contributed by atoms with van der Waals surface area (Å²) in [5, 5.41) is 6.72. The van der Waals surface area contributed by atoms with Gasteiger partial charge in [-0.05, 0) is 58.1 Å². The molecule has 0 aliphatic rings. The van der Waals surface area contributed by atoms with Gasteiger partial charge in [-0.1, -0.05) is 182 Å². The molecule has 0 atom stereocenters. The lowest BCUT2D eigenvalue weighted by Crippen LogP contribution is -2.10. The third-order valence-electron chi connectivity index (χ3n) is 12.4. The fourth-order valence-corrected chi connectivity index (χ4v) is 9.45. The maximum absolute atomic E-state index is 6.44. The molecule has 4 aromatic heterocycles. The predicted octanol–water partition coefficient (Wildman–Crippen LogP) is 14.6. The van der Waals surface area contributed by atoms with Gasteiger partial charge in [-0.15, -0.1) is 0 Å². The minimum atomic E-state index is 0.535. The van der Waals surface area contributed by atoms with E-state index in [4.69, 9.17) is 19.4 Å². The van der Waals surface area contributed by atoms with Crippen molar-refractivity contribution in [3.05, 3.63) is 212 Å². The highest BCUT2D eigenvalue weighted by Crippen LogP contribution is 2.39. The van der Waals surface area contributed by atoms with Crippen molar-refractivity contribution in [2.75, 3.05) is 0 Å². The third-order valence-corrected chi connectivity index (χ3v) is 12.4. The molecule has 0 aliphatic carbocycles. The molecule has 0 spiro atoms. The Morgan fingerprint density at radius 1 is 0.302 bits per heavy atom. The number of hydrogen-bond acceptors (Lipinski definition) is 4. The van der Waals surface area contributed by atoms with Gasteiger partial charge in [-0.2, -0.15) is 15.0 Å². The first kappa shape index (κ1) is 35.2. The van der Waals surface area contributed by atoms with Crippen LogP contribution in [0.1, 0.15) is 0 Å². The van der Waals surface area contributed by atoms with Crippen LogP contribution in [0.25, 0.3) is 122 Å². The van der Waals surface area contributed by atoms with Crippen LogP contribution in [0.3, 0.4) is 0 Å². The smallest absolute Gasteiger partial charge is 0.240 e. The molecule has 6 nitrogen and oxygen atoms in total. The SMILES string of the molecule is c1ccc(-c2ccc3c4ccccc4n(-c4nc(-c5ccc(-c6cccc7c6oc6ccccc67)cc5)nc(-n5c6ccccc6c6ccc(-c7ccccc7)cc65)n4)c3c2)cc1. The van der Waals surface area contributed by atoms with Gasteiger partial charge in [-0.25, -0.2) is 0 Å². The predicted molar refractivity (Wildman–Crippen MR) is 258 cm³/mol. The van der Waals surface area contributed by atoms with E-state index in [0.717, 1.165) is 104 Å². The first-order chi connectivity index (χ1) is 31.2. The van der Waals surface area contributed by atoms with Crippen molar-refractivity contribution in [2.24, 2.45) is 0 Å². The molecule has 0 bridgehead atoms. The average molecular weight is 806 g/mol. The summed E-state index contributed by atoms with van der Waals surface area (Å²) in [5.41, 5.74) is 13.3. The molecular weight excluding hydrogens is 771 g/mol. The molecule has 0 N–H and O–H groups in total. The number of benzene rings is 9. The molecule has 13 aromatic rings. The second-order valence-electron chi connectivity index (χ2n) is 16.0. The lowest BCUT2D eigenvalue weighted by atomic mass is 10.0. The van der Waals surface area contributed by atoms with Crippen LogP contribution in [0.5, 0.6) is 0 Å². The molecule has 0 amide bonds. The van der Waals surface area contributed by atoms with E-state index >= 15 is 0 Å². The van der Waals surface area contributed by atoms with E-state index in [1.165, 1.54) is 0 Å². The molecule has 0 fully saturated rings. The average Bonchev–Trinajstić information content (AvgIpc) is 4.02. The number of rotatable bonds is 6. The Morgan fingerprint density at radius 2 is 0.762 bits per heavy atom. The van der Waals surface area contributed by atoms with Gasteiger partial charge >= 0.3 is 0 Å². The largest absolute Gasteiger partial charge is 0.455 e. The molecule has 4 heterocycles. The second kappa shape index (κ2) is 14.0. The fraction of sp³-hybridized carbons (Fsp3) is 0. The number of furan rings is 1. The van der Waals surface area contributed by atoms with Crippen molar-refractivity contribution in [3.8, 4) is 56.7 Å². The van der Waals surface area contributed by atoms with E-state index in [0.29, 0.717) is 17.7 Å². The first-order valence-corrected chi connectivity index (χ1v) is 21.2. The van der Waals surface area contributed by atoms with Crippen molar-refractivity contribution in [3.63, 3.8) is 0 Å². The lowest BCUT2D eigenvalue weighted by Gasteiger charge is -2.13. The van der Waals surface area contributed by atoms with Gasteiger partial charge in [0.1, 0.15) is 11.2 Å². The third kappa shape index (κ3) is 5.62. The minimum Gasteiger partial charge on any atom is -0.455 e. The van der Waals surface area contributed by atoms with Crippen molar-refractivity contribution < 1.29 is 4.42 Å². The Morgan fingerprint density at radius 3 is 1.35 bits per heavy atom. The summed E-state index contributed by atoms with van der Waals surface area (Å²) in [5.74, 6) is 1.64. The summed E-state index contributed by atoms with van der Waals surface area (Å²) in [6.45, 7) is 0. The lowest BCUT2D eigenvalue weighted by molar-refractivity contribution is 0.670. The quantitative estimate of drug-likeness (QED) is 0.168. The van der Waals surface area contributed by atoms with E-state index in [-0.39, 0.29) is 0 Å². The highest BCUT2D eigenvalue weighted by atomic mass is 16.3. The monoisotopic (exact) mass is 805 g/mol. The van der Waals surface area contributed by atoms with Gasteiger partial charge in [0.15, 0.2) is 5.82 Å². The zero-order valence-corrected chi connectivity index (χ0v) is 33.9. The molecular formula is C57H35N5O. The summed E-state index contributed by atoms with van der Waals surface area (Å²) in [6.07, 6.45) is 0. The van der Waals surface area contributed by atoms with Crippen LogP contribution in [-0.2, 0) is 0 Å². The summed E-state index contributed by atoms with van der Waals surface area (Å²) in [7, 11) is 0. The van der Waals surface area contributed by atoms with Crippen molar-refractivity contribution >= 4 is 65.6 Å². The zero-order valence-electron chi connectivity index (χ0n) is 33.9. The molecule has 13 rings (SSSR count). The van der Waals surface area contributed by atoms with Crippen LogP contribution in [-0.4, -0.2) is 24.1 Å². The van der Waals surface area contributed by atoms with E-state index in [1.54, 1.807) is 0 Å². The topological polar surface area (TPSA) is 61.7 Å². The summed E-state index contributed by atoms with van der Waals surface area (Å²) < 4.78 is 10.8. The molecule has 0 saturated carbocycles. The van der Waals surface area contributed by atoms with Crippen LogP contribution in [0.2, 0.25) is 0 Å². The number of fused-ring (bicyclic) bond motifs is 9. The molecule has 63 heavy (non-hydrogen) atoms. The van der Waals surface area contributed by atoms with Gasteiger partial charge in [0.25, 0.3) is 0 Å². The van der Waals surface area contributed by atoms with E-state index in [1.807, 2.05) is 12.1 Å². The summed E-state index contributed by atoms with van der Waals surface area (Å²) in [6, 6.07) is 74.5. The Hall–Kier alpha value is -8.61. The van der Waals surface area contributed by atoms with Crippen LogP contribution in [0.15, 0.2) is 217 Å². The summed E-state index contributed by atoms with van der Waals surface area (Å²) >= 11 is 0. The van der Waals surface area contributed by atoms with E-state index in [2.05, 4.69) is 209 Å². The first-order valence-electron chi connectivity index (χ1n) is 21.2. The molecule has 0 aliphatic heterocycles. The minimum absolute atomic E-state index is 0.535. The maximum Gasteiger partial charge on any atom is 0.240 e. The van der Waals surface area contributed by atoms with Gasteiger partial charge in [0, 0.05) is 43.4 Å². The number of nitrogens with zero attached hydrogens (tertiary/aromatic N) is 5. The number of hydrogen-bond donors (Lipinski definition) is 0. The van der Waals surface area contributed by atoms with Gasteiger partial charge in [0.05, 0.1) is 22.1 Å². The Labute approximate surface area is 361 Å². The Balaban J connectivity index is 1.06. The highest BCUT2D eigenvalue weighted by Gasteiger charge is 2.22. The molecule has 6 heteroatoms. The Bertz CT molecular complexity index is 3720. The van der Waals surface area contributed by atoms with Crippen LogP contribution < -0.4 is 0 Å². The second-order valence-corrected chi connectivity index (χ2v) is 16.0. The maximum atomic E-state index is 6.44. The number of aromatic nitrogens is 5. The van der Waals surface area contributed by atoms with Crippen molar-refractivity contribution in [1.82, 2.24) is 24.1 Å². The summed E-state index contributed by atoms with van der Waals surface area (Å²) in [4.78, 5) is 16.2. The Kier molecular flexibility index (Phi) is 7.80. The van der Waals surface area contributed by atoms with Crippen LogP contribution in [0.4, 0.5) is 0 Å². The normalized spacial score (nSPS) is 11.8. The van der Waals surface area contributed by atoms with Gasteiger partial charge in [0.2, 0.25) is 11.9 Å². The van der Waals surface area contributed by atoms with Crippen molar-refractivity contribution in [1.29, 1.82) is 0 Å². The van der Waals surface area contributed by atoms with Gasteiger partial charge in [-0.3, -0.25) is 9.13 Å². The number of para-hydroxylation sites is 4. The molecule has 9 aromatic carbocycles. The standard InChI is InChI=1S/C57H35N5O/c1-3-14-36(15-4-1)40-30-32-45-43-18-7-10-23-49(43)61(51(45)34-40)56-58-55(39-28-26-38(27-29-39)42-21-13-22-48-47-20-9-12-25-53(47)63-54(42)48)59-57(60-56)62-50-24-11-8-19-44(50)46-33-31-41(35-52(46)62)37-16-5-2-6-17-37/h1-35H. The molecule has 294 valence electrons.